The lowest BCUT2D eigenvalue weighted by Gasteiger charge is -2.26. The Morgan fingerprint density at radius 3 is 1.44 bits per heavy atom. The molecule has 2 nitrogen and oxygen atoms in total. The fraction of sp³-hybridized carbons (Fsp3) is 0. The van der Waals surface area contributed by atoms with Crippen LogP contribution in [0.15, 0.2) is 265 Å². The average Bonchev–Trinajstić information content (AvgIpc) is 3.82. The summed E-state index contributed by atoms with van der Waals surface area (Å²) in [4.78, 5) is 2.36. The fourth-order valence-corrected chi connectivity index (χ4v) is 10.4. The van der Waals surface area contributed by atoms with Gasteiger partial charge in [-0.15, -0.1) is 0 Å². The first kappa shape index (κ1) is 39.4. The van der Waals surface area contributed by atoms with Gasteiger partial charge in [-0.25, -0.2) is 0 Å². The third kappa shape index (κ3) is 6.82. The van der Waals surface area contributed by atoms with Gasteiger partial charge in [0.05, 0.1) is 0 Å². The topological polar surface area (TPSA) is 16.4 Å². The molecule has 0 bridgehead atoms. The zero-order valence-corrected chi connectivity index (χ0v) is 37.2. The van der Waals surface area contributed by atoms with E-state index in [1.54, 1.807) is 0 Å². The maximum atomic E-state index is 6.58. The first-order chi connectivity index (χ1) is 33.7. The van der Waals surface area contributed by atoms with E-state index in [0.29, 0.717) is 0 Å². The van der Waals surface area contributed by atoms with Crippen LogP contribution in [-0.4, -0.2) is 0 Å². The molecule has 0 N–H and O–H groups in total. The molecule has 0 aliphatic heterocycles. The van der Waals surface area contributed by atoms with Crippen LogP contribution in [0.1, 0.15) is 0 Å². The van der Waals surface area contributed by atoms with Gasteiger partial charge in [-0.2, -0.15) is 0 Å². The lowest BCUT2D eigenvalue weighted by molar-refractivity contribution is 0.673. The maximum Gasteiger partial charge on any atom is 0.143 e. The summed E-state index contributed by atoms with van der Waals surface area (Å²) in [5.41, 5.74) is 16.9. The van der Waals surface area contributed by atoms with Crippen molar-refractivity contribution < 1.29 is 4.42 Å². The van der Waals surface area contributed by atoms with Crippen molar-refractivity contribution in [3.63, 3.8) is 0 Å². The van der Waals surface area contributed by atoms with E-state index in [1.807, 2.05) is 0 Å². The number of benzene rings is 12. The van der Waals surface area contributed by atoms with Crippen LogP contribution in [-0.2, 0) is 0 Å². The molecule has 13 aromatic rings. The van der Waals surface area contributed by atoms with Crippen molar-refractivity contribution in [3.05, 3.63) is 261 Å². The zero-order chi connectivity index (χ0) is 45.0. The molecule has 0 unspecified atom stereocenters. The molecule has 0 atom stereocenters. The number of fused-ring (bicyclic) bond motifs is 8. The Morgan fingerprint density at radius 1 is 0.250 bits per heavy atom. The van der Waals surface area contributed by atoms with Gasteiger partial charge in [-0.3, -0.25) is 0 Å². The Morgan fingerprint density at radius 2 is 0.765 bits per heavy atom. The Hall–Kier alpha value is -8.98. The van der Waals surface area contributed by atoms with Crippen molar-refractivity contribution in [1.82, 2.24) is 0 Å². The number of anilines is 3. The van der Waals surface area contributed by atoms with Crippen molar-refractivity contribution in [2.24, 2.45) is 0 Å². The summed E-state index contributed by atoms with van der Waals surface area (Å²) in [5, 5.41) is 9.61. The molecule has 0 spiro atoms. The molecular weight excluding hydrogens is 823 g/mol. The van der Waals surface area contributed by atoms with Crippen molar-refractivity contribution in [1.29, 1.82) is 0 Å². The Balaban J connectivity index is 0.911. The Bertz CT molecular complexity index is 3980. The quantitative estimate of drug-likeness (QED) is 0.142. The number of furan rings is 1. The van der Waals surface area contributed by atoms with Gasteiger partial charge in [0.2, 0.25) is 0 Å². The highest BCUT2D eigenvalue weighted by atomic mass is 16.3. The summed E-state index contributed by atoms with van der Waals surface area (Å²) in [6.07, 6.45) is 0. The number of nitrogens with zero attached hydrogens (tertiary/aromatic N) is 1. The smallest absolute Gasteiger partial charge is 0.143 e. The first-order valence-corrected chi connectivity index (χ1v) is 23.3. The molecule has 0 aliphatic carbocycles. The van der Waals surface area contributed by atoms with Crippen LogP contribution < -0.4 is 4.90 Å². The second-order valence-corrected chi connectivity index (χ2v) is 17.6. The van der Waals surface area contributed by atoms with Crippen LogP contribution in [0.4, 0.5) is 17.1 Å². The normalized spacial score (nSPS) is 11.5. The van der Waals surface area contributed by atoms with E-state index in [0.717, 1.165) is 61.1 Å². The van der Waals surface area contributed by atoms with E-state index in [-0.39, 0.29) is 0 Å². The van der Waals surface area contributed by atoms with Gasteiger partial charge in [0.1, 0.15) is 11.2 Å². The summed E-state index contributed by atoms with van der Waals surface area (Å²) < 4.78 is 6.58. The molecule has 12 aromatic carbocycles. The fourth-order valence-electron chi connectivity index (χ4n) is 10.4. The van der Waals surface area contributed by atoms with E-state index in [1.165, 1.54) is 65.9 Å². The zero-order valence-electron chi connectivity index (χ0n) is 37.2. The molecule has 1 aromatic heterocycles. The minimum Gasteiger partial charge on any atom is -0.455 e. The van der Waals surface area contributed by atoms with E-state index >= 15 is 0 Å². The average molecular weight is 866 g/mol. The summed E-state index contributed by atoms with van der Waals surface area (Å²) >= 11 is 0. The molecule has 68 heavy (non-hydrogen) atoms. The molecule has 0 amide bonds. The van der Waals surface area contributed by atoms with Gasteiger partial charge in [-0.1, -0.05) is 200 Å². The molecule has 0 aliphatic rings. The summed E-state index contributed by atoms with van der Waals surface area (Å²) in [7, 11) is 0. The van der Waals surface area contributed by atoms with Gasteiger partial charge in [0.15, 0.2) is 0 Å². The molecule has 0 fully saturated rings. The van der Waals surface area contributed by atoms with Crippen molar-refractivity contribution in [2.75, 3.05) is 4.90 Å². The van der Waals surface area contributed by atoms with Crippen LogP contribution in [0.3, 0.4) is 0 Å². The molecule has 318 valence electrons. The highest BCUT2D eigenvalue weighted by Crippen LogP contribution is 2.43. The third-order valence-corrected chi connectivity index (χ3v) is 13.7. The predicted octanol–water partition coefficient (Wildman–Crippen LogP) is 18.9. The van der Waals surface area contributed by atoms with E-state index < -0.39 is 0 Å². The minimum absolute atomic E-state index is 0.893. The molecule has 13 rings (SSSR count). The molecule has 1 heterocycles. The second kappa shape index (κ2) is 16.5. The van der Waals surface area contributed by atoms with E-state index in [9.17, 15) is 0 Å². The number of hydrogen-bond donors (Lipinski definition) is 0. The van der Waals surface area contributed by atoms with Crippen LogP contribution in [0.25, 0.3) is 110 Å². The van der Waals surface area contributed by atoms with Crippen molar-refractivity contribution >= 4 is 71.3 Å². The SMILES string of the molecule is c1ccc(-c2ccc(-c3ccc(N(c4ccc(-c5cc6ccccc6c6ccccc56)cc4)c4ccc(-c5cccc6oc7c8ccccc8ccc7c56)cc4)cc3)cc2-c2ccccc2)cc1. The standard InChI is InChI=1S/C66H43NO/c1-3-14-45(15-4-1)56-40-33-50(42-62(56)46-16-5-2-6-17-46)44-26-34-52(35-27-44)67(54-38-30-49(31-39-54)63-43-51-19-8-9-20-55(51)59-22-11-12-23-60(59)63)53-36-28-48(29-37-53)57-24-13-25-64-65(57)61-41-32-47-18-7-10-21-58(47)66(61)68-64/h1-43H. The van der Waals surface area contributed by atoms with Crippen LogP contribution >= 0.6 is 0 Å². The maximum absolute atomic E-state index is 6.58. The minimum atomic E-state index is 0.893. The van der Waals surface area contributed by atoms with Crippen molar-refractivity contribution in [2.45, 2.75) is 0 Å². The molecule has 0 radical (unpaired) electrons. The summed E-state index contributed by atoms with van der Waals surface area (Å²) in [5.74, 6) is 0. The number of hydrogen-bond acceptors (Lipinski definition) is 2. The molecule has 0 saturated carbocycles. The van der Waals surface area contributed by atoms with E-state index in [4.69, 9.17) is 4.42 Å². The second-order valence-electron chi connectivity index (χ2n) is 17.6. The highest BCUT2D eigenvalue weighted by molar-refractivity contribution is 6.19. The third-order valence-electron chi connectivity index (χ3n) is 13.7. The van der Waals surface area contributed by atoms with Gasteiger partial charge in [0, 0.05) is 33.2 Å². The molecule has 0 saturated heterocycles. The lowest BCUT2D eigenvalue weighted by Crippen LogP contribution is -2.09. The largest absolute Gasteiger partial charge is 0.455 e. The number of rotatable bonds is 8. The van der Waals surface area contributed by atoms with Gasteiger partial charge in [-0.05, 0) is 143 Å². The monoisotopic (exact) mass is 865 g/mol. The Kier molecular flexibility index (Phi) is 9.54. The predicted molar refractivity (Wildman–Crippen MR) is 288 cm³/mol. The van der Waals surface area contributed by atoms with E-state index in [2.05, 4.69) is 266 Å². The van der Waals surface area contributed by atoms with Crippen LogP contribution in [0.2, 0.25) is 0 Å². The molecule has 2 heteroatoms. The van der Waals surface area contributed by atoms with Gasteiger partial charge < -0.3 is 9.32 Å². The molecular formula is C66H43NO. The van der Waals surface area contributed by atoms with Gasteiger partial charge >= 0.3 is 0 Å². The highest BCUT2D eigenvalue weighted by Gasteiger charge is 2.18. The van der Waals surface area contributed by atoms with Crippen molar-refractivity contribution in [3.8, 4) is 55.6 Å². The lowest BCUT2D eigenvalue weighted by atomic mass is 9.91. The van der Waals surface area contributed by atoms with Crippen LogP contribution in [0, 0.1) is 0 Å². The van der Waals surface area contributed by atoms with Crippen LogP contribution in [0.5, 0.6) is 0 Å². The van der Waals surface area contributed by atoms with Gasteiger partial charge in [0.25, 0.3) is 0 Å². The summed E-state index contributed by atoms with van der Waals surface area (Å²) in [6.45, 7) is 0. The summed E-state index contributed by atoms with van der Waals surface area (Å²) in [6, 6.07) is 94.4. The first-order valence-electron chi connectivity index (χ1n) is 23.3. The Labute approximate surface area is 395 Å².